The van der Waals surface area contributed by atoms with Crippen LogP contribution in [0.5, 0.6) is 0 Å². The Kier molecular flexibility index (Phi) is 3.00. The second-order valence-corrected chi connectivity index (χ2v) is 3.48. The third kappa shape index (κ3) is 1.83. The number of hydrogen-bond acceptors (Lipinski definition) is 5. The largest absolute Gasteiger partial charge is 0.394 e. The first-order chi connectivity index (χ1) is 7.76. The minimum absolute atomic E-state index is 0.0520. The highest BCUT2D eigenvalue weighted by Crippen LogP contribution is 2.19. The molecular formula is C10H15N5O. The minimum Gasteiger partial charge on any atom is -0.394 e. The molecule has 0 aliphatic rings. The van der Waals surface area contributed by atoms with Crippen molar-refractivity contribution in [1.29, 1.82) is 0 Å². The molecule has 86 valence electrons. The van der Waals surface area contributed by atoms with E-state index in [1.165, 1.54) is 0 Å². The van der Waals surface area contributed by atoms with E-state index in [-0.39, 0.29) is 6.61 Å². The summed E-state index contributed by atoms with van der Waals surface area (Å²) in [5.74, 6) is 1.50. The van der Waals surface area contributed by atoms with Crippen molar-refractivity contribution >= 4 is 16.9 Å². The minimum atomic E-state index is 0.0520. The fourth-order valence-electron chi connectivity index (χ4n) is 1.62. The number of hydrogen-bond donors (Lipinski definition) is 2. The van der Waals surface area contributed by atoms with Crippen LogP contribution in [0.15, 0.2) is 6.20 Å². The second-order valence-electron chi connectivity index (χ2n) is 3.48. The molecule has 0 amide bonds. The van der Waals surface area contributed by atoms with Crippen LogP contribution < -0.4 is 5.32 Å². The maximum Gasteiger partial charge on any atom is 0.163 e. The summed E-state index contributed by atoms with van der Waals surface area (Å²) >= 11 is 0. The van der Waals surface area contributed by atoms with Crippen molar-refractivity contribution < 1.29 is 5.11 Å². The number of nitrogens with one attached hydrogen (secondary N) is 1. The Labute approximate surface area is 93.3 Å². The predicted octanol–water partition coefficient (Wildman–Crippen LogP) is 0.559. The van der Waals surface area contributed by atoms with E-state index in [1.807, 2.05) is 13.8 Å². The first-order valence-corrected chi connectivity index (χ1v) is 5.31. The first-order valence-electron chi connectivity index (χ1n) is 5.31. The van der Waals surface area contributed by atoms with Gasteiger partial charge < -0.3 is 10.4 Å². The molecule has 0 bridgehead atoms. The molecular weight excluding hydrogens is 206 g/mol. The SMILES string of the molecule is CCNc1nc(C)nc2c1cnn2CCO. The van der Waals surface area contributed by atoms with Gasteiger partial charge in [0.05, 0.1) is 24.7 Å². The Morgan fingerprint density at radius 2 is 2.25 bits per heavy atom. The molecule has 2 rings (SSSR count). The van der Waals surface area contributed by atoms with Gasteiger partial charge in [-0.05, 0) is 13.8 Å². The third-order valence-electron chi connectivity index (χ3n) is 2.26. The number of fused-ring (bicyclic) bond motifs is 1. The van der Waals surface area contributed by atoms with Gasteiger partial charge in [-0.1, -0.05) is 0 Å². The molecule has 2 aromatic heterocycles. The topological polar surface area (TPSA) is 75.9 Å². The van der Waals surface area contributed by atoms with E-state index >= 15 is 0 Å². The monoisotopic (exact) mass is 221 g/mol. The molecule has 0 saturated heterocycles. The molecule has 6 heteroatoms. The number of nitrogens with zero attached hydrogens (tertiary/aromatic N) is 4. The van der Waals surface area contributed by atoms with Gasteiger partial charge in [-0.25, -0.2) is 14.6 Å². The van der Waals surface area contributed by atoms with Crippen LogP contribution in [0.3, 0.4) is 0 Å². The molecule has 2 aromatic rings. The zero-order valence-corrected chi connectivity index (χ0v) is 9.43. The van der Waals surface area contributed by atoms with Crippen LogP contribution in [0.25, 0.3) is 11.0 Å². The smallest absolute Gasteiger partial charge is 0.163 e. The van der Waals surface area contributed by atoms with Crippen LogP contribution in [0.2, 0.25) is 0 Å². The lowest BCUT2D eigenvalue weighted by molar-refractivity contribution is 0.271. The van der Waals surface area contributed by atoms with Gasteiger partial charge in [0.1, 0.15) is 11.6 Å². The number of aliphatic hydroxyl groups excluding tert-OH is 1. The van der Waals surface area contributed by atoms with E-state index in [0.717, 1.165) is 23.4 Å². The molecule has 0 atom stereocenters. The van der Waals surface area contributed by atoms with E-state index in [2.05, 4.69) is 20.4 Å². The van der Waals surface area contributed by atoms with E-state index in [9.17, 15) is 0 Å². The van der Waals surface area contributed by atoms with E-state index in [0.29, 0.717) is 12.4 Å². The second kappa shape index (κ2) is 4.44. The van der Waals surface area contributed by atoms with Gasteiger partial charge in [0.25, 0.3) is 0 Å². The standard InChI is InChI=1S/C10H15N5O/c1-3-11-9-8-6-12-15(4-5-16)10(8)14-7(2)13-9/h6,16H,3-5H2,1-2H3,(H,11,13,14). The van der Waals surface area contributed by atoms with Crippen molar-refractivity contribution in [1.82, 2.24) is 19.7 Å². The number of aromatic nitrogens is 4. The van der Waals surface area contributed by atoms with E-state index in [1.54, 1.807) is 10.9 Å². The van der Waals surface area contributed by atoms with E-state index < -0.39 is 0 Å². The van der Waals surface area contributed by atoms with Crippen LogP contribution in [-0.4, -0.2) is 38.0 Å². The van der Waals surface area contributed by atoms with Gasteiger partial charge >= 0.3 is 0 Å². The van der Waals surface area contributed by atoms with Crippen molar-refractivity contribution in [3.8, 4) is 0 Å². The molecule has 0 unspecified atom stereocenters. The first kappa shape index (κ1) is 10.8. The fraction of sp³-hybridized carbons (Fsp3) is 0.500. The summed E-state index contributed by atoms with van der Waals surface area (Å²) in [7, 11) is 0. The highest BCUT2D eigenvalue weighted by atomic mass is 16.3. The zero-order chi connectivity index (χ0) is 11.5. The number of aliphatic hydroxyl groups is 1. The summed E-state index contributed by atoms with van der Waals surface area (Å²) in [5, 5.41) is 17.2. The van der Waals surface area contributed by atoms with Crippen molar-refractivity contribution in [2.75, 3.05) is 18.5 Å². The van der Waals surface area contributed by atoms with Crippen molar-refractivity contribution in [3.63, 3.8) is 0 Å². The maximum absolute atomic E-state index is 8.92. The molecule has 0 spiro atoms. The highest BCUT2D eigenvalue weighted by Gasteiger charge is 2.10. The molecule has 0 aromatic carbocycles. The van der Waals surface area contributed by atoms with Crippen molar-refractivity contribution in [2.45, 2.75) is 20.4 Å². The van der Waals surface area contributed by atoms with Gasteiger partial charge in [0.15, 0.2) is 5.65 Å². The number of aryl methyl sites for hydroxylation is 1. The predicted molar refractivity (Wildman–Crippen MR) is 61.3 cm³/mol. The summed E-state index contributed by atoms with van der Waals surface area (Å²) in [5.41, 5.74) is 0.762. The normalized spacial score (nSPS) is 10.9. The van der Waals surface area contributed by atoms with Crippen LogP contribution >= 0.6 is 0 Å². The fourth-order valence-corrected chi connectivity index (χ4v) is 1.62. The average Bonchev–Trinajstić information content (AvgIpc) is 2.63. The molecule has 0 fully saturated rings. The Hall–Kier alpha value is -1.69. The van der Waals surface area contributed by atoms with Crippen molar-refractivity contribution in [3.05, 3.63) is 12.0 Å². The maximum atomic E-state index is 8.92. The van der Waals surface area contributed by atoms with Gasteiger partial charge in [0.2, 0.25) is 0 Å². The molecule has 16 heavy (non-hydrogen) atoms. The summed E-state index contributed by atoms with van der Waals surface area (Å²) in [4.78, 5) is 8.66. The molecule has 0 saturated carbocycles. The number of anilines is 1. The summed E-state index contributed by atoms with van der Waals surface area (Å²) in [6.45, 7) is 5.16. The molecule has 0 aliphatic carbocycles. The Morgan fingerprint density at radius 1 is 1.44 bits per heavy atom. The van der Waals surface area contributed by atoms with Gasteiger partial charge in [0, 0.05) is 6.54 Å². The summed E-state index contributed by atoms with van der Waals surface area (Å²) < 4.78 is 1.69. The summed E-state index contributed by atoms with van der Waals surface area (Å²) in [6, 6.07) is 0. The molecule has 0 aliphatic heterocycles. The van der Waals surface area contributed by atoms with Crippen LogP contribution in [-0.2, 0) is 6.54 Å². The van der Waals surface area contributed by atoms with Crippen LogP contribution in [0.4, 0.5) is 5.82 Å². The quantitative estimate of drug-likeness (QED) is 0.789. The molecule has 2 N–H and O–H groups in total. The highest BCUT2D eigenvalue weighted by molar-refractivity contribution is 5.86. The Bertz CT molecular complexity index is 493. The van der Waals surface area contributed by atoms with Crippen LogP contribution in [0, 0.1) is 6.92 Å². The van der Waals surface area contributed by atoms with E-state index in [4.69, 9.17) is 5.11 Å². The van der Waals surface area contributed by atoms with Gasteiger partial charge in [-0.3, -0.25) is 0 Å². The lowest BCUT2D eigenvalue weighted by Gasteiger charge is -2.05. The van der Waals surface area contributed by atoms with Crippen molar-refractivity contribution in [2.24, 2.45) is 0 Å². The Morgan fingerprint density at radius 3 is 2.94 bits per heavy atom. The average molecular weight is 221 g/mol. The summed E-state index contributed by atoms with van der Waals surface area (Å²) in [6.07, 6.45) is 1.72. The molecule has 6 nitrogen and oxygen atoms in total. The zero-order valence-electron chi connectivity index (χ0n) is 9.43. The van der Waals surface area contributed by atoms with Crippen LogP contribution in [0.1, 0.15) is 12.7 Å². The number of rotatable bonds is 4. The Balaban J connectivity index is 2.56. The van der Waals surface area contributed by atoms with Gasteiger partial charge in [-0.2, -0.15) is 5.10 Å². The lowest BCUT2D eigenvalue weighted by atomic mass is 10.4. The lowest BCUT2D eigenvalue weighted by Crippen LogP contribution is -2.07. The third-order valence-corrected chi connectivity index (χ3v) is 2.26. The molecule has 0 radical (unpaired) electrons. The van der Waals surface area contributed by atoms with Gasteiger partial charge in [-0.15, -0.1) is 0 Å². The molecule has 2 heterocycles.